The summed E-state index contributed by atoms with van der Waals surface area (Å²) in [6.45, 7) is 3.27. The van der Waals surface area contributed by atoms with E-state index in [-0.39, 0.29) is 17.2 Å². The Morgan fingerprint density at radius 1 is 1.15 bits per heavy atom. The number of methoxy groups -OCH3 is 1. The number of nitrogens with one attached hydrogen (secondary N) is 1. The SMILES string of the molecule is CCC(NC(=O)c1cc([N+](=O)[O-])cc([N+](=O)[O-])c1C)c1ccc(OC)cc1. The molecule has 1 amide bonds. The van der Waals surface area contributed by atoms with Gasteiger partial charge >= 0.3 is 0 Å². The smallest absolute Gasteiger partial charge is 0.279 e. The number of carbonyl (C=O) groups is 1. The van der Waals surface area contributed by atoms with E-state index in [0.717, 1.165) is 17.7 Å². The molecule has 27 heavy (non-hydrogen) atoms. The molecule has 2 rings (SSSR count). The van der Waals surface area contributed by atoms with Crippen molar-refractivity contribution in [1.29, 1.82) is 0 Å². The molecule has 0 aliphatic carbocycles. The Morgan fingerprint density at radius 3 is 2.26 bits per heavy atom. The van der Waals surface area contributed by atoms with Gasteiger partial charge in [0, 0.05) is 11.6 Å². The molecule has 0 aliphatic heterocycles. The third-order valence-electron chi connectivity index (χ3n) is 4.25. The van der Waals surface area contributed by atoms with E-state index in [0.29, 0.717) is 12.2 Å². The molecule has 0 fully saturated rings. The maximum Gasteiger partial charge on any atom is 0.279 e. The zero-order chi connectivity index (χ0) is 20.1. The Bertz CT molecular complexity index is 879. The average Bonchev–Trinajstić information content (AvgIpc) is 2.65. The van der Waals surface area contributed by atoms with E-state index < -0.39 is 27.1 Å². The summed E-state index contributed by atoms with van der Waals surface area (Å²) in [6, 6.07) is 8.67. The number of ether oxygens (including phenoxy) is 1. The third-order valence-corrected chi connectivity index (χ3v) is 4.25. The van der Waals surface area contributed by atoms with E-state index in [2.05, 4.69) is 5.32 Å². The molecule has 0 spiro atoms. The monoisotopic (exact) mass is 373 g/mol. The van der Waals surface area contributed by atoms with E-state index in [1.165, 1.54) is 6.92 Å². The van der Waals surface area contributed by atoms with Gasteiger partial charge in [0.1, 0.15) is 5.75 Å². The Hall–Kier alpha value is -3.49. The number of carbonyl (C=O) groups excluding carboxylic acids is 1. The van der Waals surface area contributed by atoms with Gasteiger partial charge in [-0.2, -0.15) is 0 Å². The van der Waals surface area contributed by atoms with Gasteiger partial charge in [-0.25, -0.2) is 0 Å². The van der Waals surface area contributed by atoms with Crippen LogP contribution in [0.15, 0.2) is 36.4 Å². The number of nitrogens with zero attached hydrogens (tertiary/aromatic N) is 2. The first kappa shape index (κ1) is 19.8. The van der Waals surface area contributed by atoms with Gasteiger partial charge in [-0.1, -0.05) is 19.1 Å². The fourth-order valence-electron chi connectivity index (χ4n) is 2.71. The molecular formula is C18H19N3O6. The summed E-state index contributed by atoms with van der Waals surface area (Å²) in [5.41, 5.74) is -0.165. The number of hydrogen-bond donors (Lipinski definition) is 1. The summed E-state index contributed by atoms with van der Waals surface area (Å²) in [5.74, 6) is 0.0621. The fraction of sp³-hybridized carbons (Fsp3) is 0.278. The van der Waals surface area contributed by atoms with Crippen LogP contribution in [0.1, 0.15) is 40.9 Å². The highest BCUT2D eigenvalue weighted by Crippen LogP contribution is 2.29. The van der Waals surface area contributed by atoms with Gasteiger partial charge in [-0.3, -0.25) is 25.0 Å². The standard InChI is InChI=1S/C18H19N3O6/c1-4-16(12-5-7-14(27-3)8-6-12)19-18(22)15-9-13(20(23)24)10-17(11(15)2)21(25)26/h5-10,16H,4H2,1-3H3,(H,19,22). The van der Waals surface area contributed by atoms with Gasteiger partial charge in [0.15, 0.2) is 0 Å². The summed E-state index contributed by atoms with van der Waals surface area (Å²) in [4.78, 5) is 33.4. The second-order valence-corrected chi connectivity index (χ2v) is 5.86. The van der Waals surface area contributed by atoms with Gasteiger partial charge in [0.05, 0.1) is 34.6 Å². The van der Waals surface area contributed by atoms with E-state index in [9.17, 15) is 25.0 Å². The van der Waals surface area contributed by atoms with Crippen molar-refractivity contribution >= 4 is 17.3 Å². The lowest BCUT2D eigenvalue weighted by Crippen LogP contribution is -2.29. The van der Waals surface area contributed by atoms with Gasteiger partial charge < -0.3 is 10.1 Å². The normalized spacial score (nSPS) is 11.5. The molecular weight excluding hydrogens is 354 g/mol. The van der Waals surface area contributed by atoms with Crippen molar-refractivity contribution < 1.29 is 19.4 Å². The molecule has 2 aromatic carbocycles. The van der Waals surface area contributed by atoms with E-state index in [1.54, 1.807) is 31.4 Å². The molecule has 0 aliphatic rings. The first-order valence-corrected chi connectivity index (χ1v) is 8.16. The number of nitro groups is 2. The highest BCUT2D eigenvalue weighted by atomic mass is 16.6. The Labute approximate surface area is 155 Å². The Balaban J connectivity index is 2.37. The second kappa shape index (κ2) is 8.26. The van der Waals surface area contributed by atoms with Gasteiger partial charge in [0.2, 0.25) is 0 Å². The zero-order valence-electron chi connectivity index (χ0n) is 15.1. The maximum atomic E-state index is 12.7. The number of non-ortho nitro benzene ring substituents is 1. The predicted octanol–water partition coefficient (Wildman–Crippen LogP) is 3.70. The Kier molecular flexibility index (Phi) is 6.07. The predicted molar refractivity (Wildman–Crippen MR) is 98.0 cm³/mol. The molecule has 0 saturated heterocycles. The average molecular weight is 373 g/mol. The fourth-order valence-corrected chi connectivity index (χ4v) is 2.71. The van der Waals surface area contributed by atoms with Crippen LogP contribution in [0.4, 0.5) is 11.4 Å². The minimum Gasteiger partial charge on any atom is -0.497 e. The van der Waals surface area contributed by atoms with Gasteiger partial charge in [-0.15, -0.1) is 0 Å². The molecule has 1 N–H and O–H groups in total. The van der Waals surface area contributed by atoms with Crippen LogP contribution in [0.5, 0.6) is 5.75 Å². The molecule has 9 heteroatoms. The summed E-state index contributed by atoms with van der Waals surface area (Å²) < 4.78 is 5.10. The third kappa shape index (κ3) is 4.38. The molecule has 0 aromatic heterocycles. The van der Waals surface area contributed by atoms with Crippen molar-refractivity contribution in [3.8, 4) is 5.75 Å². The first-order valence-electron chi connectivity index (χ1n) is 8.16. The number of amides is 1. The van der Waals surface area contributed by atoms with Crippen LogP contribution in [-0.4, -0.2) is 22.9 Å². The van der Waals surface area contributed by atoms with E-state index >= 15 is 0 Å². The topological polar surface area (TPSA) is 125 Å². The van der Waals surface area contributed by atoms with Crippen molar-refractivity contribution in [1.82, 2.24) is 5.32 Å². The van der Waals surface area contributed by atoms with Crippen molar-refractivity contribution in [2.24, 2.45) is 0 Å². The summed E-state index contributed by atoms with van der Waals surface area (Å²) in [7, 11) is 1.55. The van der Waals surface area contributed by atoms with Crippen molar-refractivity contribution in [2.45, 2.75) is 26.3 Å². The van der Waals surface area contributed by atoms with Gasteiger partial charge in [-0.05, 0) is 31.0 Å². The molecule has 0 saturated carbocycles. The largest absolute Gasteiger partial charge is 0.497 e. The molecule has 1 unspecified atom stereocenters. The van der Waals surface area contributed by atoms with Crippen LogP contribution in [0.2, 0.25) is 0 Å². The molecule has 0 bridgehead atoms. The van der Waals surface area contributed by atoms with E-state index in [1.807, 2.05) is 6.92 Å². The minimum absolute atomic E-state index is 0.0766. The highest BCUT2D eigenvalue weighted by molar-refractivity contribution is 5.97. The van der Waals surface area contributed by atoms with E-state index in [4.69, 9.17) is 4.74 Å². The molecule has 1 atom stereocenters. The number of nitro benzene ring substituents is 2. The van der Waals surface area contributed by atoms with Crippen LogP contribution in [0.3, 0.4) is 0 Å². The summed E-state index contributed by atoms with van der Waals surface area (Å²) in [5, 5.41) is 25.0. The molecule has 142 valence electrons. The van der Waals surface area contributed by atoms with Crippen molar-refractivity contribution in [2.75, 3.05) is 7.11 Å². The van der Waals surface area contributed by atoms with Crippen molar-refractivity contribution in [3.05, 3.63) is 73.3 Å². The molecule has 9 nitrogen and oxygen atoms in total. The second-order valence-electron chi connectivity index (χ2n) is 5.86. The number of hydrogen-bond acceptors (Lipinski definition) is 6. The number of rotatable bonds is 7. The number of benzene rings is 2. The summed E-state index contributed by atoms with van der Waals surface area (Å²) >= 11 is 0. The lowest BCUT2D eigenvalue weighted by molar-refractivity contribution is -0.394. The zero-order valence-corrected chi connectivity index (χ0v) is 15.1. The lowest BCUT2D eigenvalue weighted by atomic mass is 10.0. The molecule has 0 radical (unpaired) electrons. The highest BCUT2D eigenvalue weighted by Gasteiger charge is 2.25. The first-order chi connectivity index (χ1) is 12.8. The summed E-state index contributed by atoms with van der Waals surface area (Å²) in [6.07, 6.45) is 0.564. The van der Waals surface area contributed by atoms with Crippen LogP contribution in [-0.2, 0) is 0 Å². The van der Waals surface area contributed by atoms with Crippen LogP contribution in [0.25, 0.3) is 0 Å². The van der Waals surface area contributed by atoms with Crippen LogP contribution >= 0.6 is 0 Å². The van der Waals surface area contributed by atoms with Crippen LogP contribution < -0.4 is 10.1 Å². The van der Waals surface area contributed by atoms with Crippen molar-refractivity contribution in [3.63, 3.8) is 0 Å². The van der Waals surface area contributed by atoms with Crippen LogP contribution in [0, 0.1) is 27.2 Å². The maximum absolute atomic E-state index is 12.7. The lowest BCUT2D eigenvalue weighted by Gasteiger charge is -2.18. The quantitative estimate of drug-likeness (QED) is 0.583. The Morgan fingerprint density at radius 2 is 1.78 bits per heavy atom. The minimum atomic E-state index is -0.760. The van der Waals surface area contributed by atoms with Gasteiger partial charge in [0.25, 0.3) is 17.3 Å². The molecule has 2 aromatic rings. The molecule has 0 heterocycles.